The van der Waals surface area contributed by atoms with Gasteiger partial charge in [-0.15, -0.1) is 0 Å². The molecule has 0 N–H and O–H groups in total. The van der Waals surface area contributed by atoms with E-state index in [1.807, 2.05) is 40.8 Å². The van der Waals surface area contributed by atoms with Crippen LogP contribution in [0, 0.1) is 6.92 Å². The normalized spacial score (nSPS) is 20.0. The standard InChI is InChI=1S/C14H19BN4O2/c1-10-6-18-19(9-10)12-16-7-11(8-17-12)15-20-13(2,3)14(4,5)21-15/h6-9H,1-5H3. The van der Waals surface area contributed by atoms with E-state index in [0.29, 0.717) is 5.95 Å². The predicted molar refractivity (Wildman–Crippen MR) is 79.6 cm³/mol. The van der Waals surface area contributed by atoms with Crippen molar-refractivity contribution >= 4 is 12.6 Å². The Morgan fingerprint density at radius 1 is 1.00 bits per heavy atom. The summed E-state index contributed by atoms with van der Waals surface area (Å²) in [6.07, 6.45) is 7.10. The lowest BCUT2D eigenvalue weighted by Gasteiger charge is -2.32. The number of hydrogen-bond donors (Lipinski definition) is 0. The largest absolute Gasteiger partial charge is 0.498 e. The van der Waals surface area contributed by atoms with Gasteiger partial charge in [0.05, 0.1) is 17.4 Å². The van der Waals surface area contributed by atoms with Gasteiger partial charge in [0.15, 0.2) is 0 Å². The van der Waals surface area contributed by atoms with Crippen molar-refractivity contribution in [2.24, 2.45) is 0 Å². The van der Waals surface area contributed by atoms with Crippen molar-refractivity contribution in [2.45, 2.75) is 45.8 Å². The zero-order valence-corrected chi connectivity index (χ0v) is 13.0. The first kappa shape index (κ1) is 14.2. The van der Waals surface area contributed by atoms with Gasteiger partial charge in [-0.2, -0.15) is 5.10 Å². The Kier molecular flexibility index (Phi) is 3.14. The molecule has 7 heteroatoms. The van der Waals surface area contributed by atoms with Crippen LogP contribution in [-0.4, -0.2) is 38.1 Å². The van der Waals surface area contributed by atoms with Gasteiger partial charge in [0.2, 0.25) is 5.95 Å². The molecular formula is C14H19BN4O2. The molecule has 1 saturated heterocycles. The van der Waals surface area contributed by atoms with Crippen LogP contribution in [0.2, 0.25) is 0 Å². The van der Waals surface area contributed by atoms with Crippen molar-refractivity contribution in [1.29, 1.82) is 0 Å². The molecule has 2 aromatic rings. The predicted octanol–water partition coefficient (Wildman–Crippen LogP) is 1.27. The van der Waals surface area contributed by atoms with Gasteiger partial charge in [-0.05, 0) is 40.2 Å². The molecule has 0 atom stereocenters. The van der Waals surface area contributed by atoms with Gasteiger partial charge in [-0.1, -0.05) is 0 Å². The first-order valence-electron chi connectivity index (χ1n) is 6.98. The molecule has 0 radical (unpaired) electrons. The summed E-state index contributed by atoms with van der Waals surface area (Å²) in [5, 5.41) is 4.19. The molecule has 0 spiro atoms. The van der Waals surface area contributed by atoms with E-state index in [9.17, 15) is 0 Å². The molecule has 2 aromatic heterocycles. The molecular weight excluding hydrogens is 267 g/mol. The minimum Gasteiger partial charge on any atom is -0.399 e. The fourth-order valence-electron chi connectivity index (χ4n) is 2.07. The van der Waals surface area contributed by atoms with Gasteiger partial charge in [0, 0.05) is 24.1 Å². The quantitative estimate of drug-likeness (QED) is 0.778. The van der Waals surface area contributed by atoms with E-state index in [4.69, 9.17) is 9.31 Å². The van der Waals surface area contributed by atoms with Crippen LogP contribution >= 0.6 is 0 Å². The molecule has 21 heavy (non-hydrogen) atoms. The zero-order chi connectivity index (χ0) is 15.3. The average molecular weight is 286 g/mol. The van der Waals surface area contributed by atoms with Crippen molar-refractivity contribution in [3.8, 4) is 5.95 Å². The molecule has 0 saturated carbocycles. The number of hydrogen-bond acceptors (Lipinski definition) is 5. The maximum atomic E-state index is 5.98. The Morgan fingerprint density at radius 2 is 1.57 bits per heavy atom. The van der Waals surface area contributed by atoms with Gasteiger partial charge >= 0.3 is 7.12 Å². The molecule has 0 amide bonds. The van der Waals surface area contributed by atoms with Crippen LogP contribution in [0.1, 0.15) is 33.3 Å². The Labute approximate surface area is 124 Å². The highest BCUT2D eigenvalue weighted by atomic mass is 16.7. The SMILES string of the molecule is Cc1cnn(-c2ncc(B3OC(C)(C)C(C)(C)O3)cn2)c1. The van der Waals surface area contributed by atoms with Crippen molar-refractivity contribution in [2.75, 3.05) is 0 Å². The Bertz CT molecular complexity index is 635. The van der Waals surface area contributed by atoms with Gasteiger partial charge in [0.25, 0.3) is 0 Å². The molecule has 0 aliphatic carbocycles. The smallest absolute Gasteiger partial charge is 0.399 e. The molecule has 0 unspecified atom stereocenters. The summed E-state index contributed by atoms with van der Waals surface area (Å²) in [5.74, 6) is 0.531. The van der Waals surface area contributed by atoms with Gasteiger partial charge in [-0.25, -0.2) is 14.6 Å². The fourth-order valence-corrected chi connectivity index (χ4v) is 2.07. The van der Waals surface area contributed by atoms with E-state index < -0.39 is 7.12 Å². The van der Waals surface area contributed by atoms with Gasteiger partial charge < -0.3 is 9.31 Å². The van der Waals surface area contributed by atoms with E-state index in [1.165, 1.54) is 0 Å². The van der Waals surface area contributed by atoms with Crippen LogP contribution in [0.3, 0.4) is 0 Å². The van der Waals surface area contributed by atoms with Crippen molar-refractivity contribution < 1.29 is 9.31 Å². The summed E-state index contributed by atoms with van der Waals surface area (Å²) in [6.45, 7) is 10.1. The second-order valence-electron chi connectivity index (χ2n) is 6.37. The van der Waals surface area contributed by atoms with E-state index in [-0.39, 0.29) is 11.2 Å². The summed E-state index contributed by atoms with van der Waals surface area (Å²) >= 11 is 0. The van der Waals surface area contributed by atoms with Gasteiger partial charge in [0.1, 0.15) is 0 Å². The van der Waals surface area contributed by atoms with Gasteiger partial charge in [-0.3, -0.25) is 0 Å². The van der Waals surface area contributed by atoms with Crippen LogP contribution in [0.25, 0.3) is 5.95 Å². The molecule has 1 fully saturated rings. The average Bonchev–Trinajstić information content (AvgIpc) is 2.92. The first-order chi connectivity index (χ1) is 9.78. The summed E-state index contributed by atoms with van der Waals surface area (Å²) < 4.78 is 13.6. The maximum Gasteiger partial charge on any atom is 0.498 e. The zero-order valence-electron chi connectivity index (χ0n) is 13.0. The van der Waals surface area contributed by atoms with Crippen LogP contribution in [0.15, 0.2) is 24.8 Å². The highest BCUT2D eigenvalue weighted by Crippen LogP contribution is 2.36. The molecule has 1 aliphatic rings. The second-order valence-corrected chi connectivity index (χ2v) is 6.37. The lowest BCUT2D eigenvalue weighted by atomic mass is 9.81. The number of aryl methyl sites for hydroxylation is 1. The highest BCUT2D eigenvalue weighted by Gasteiger charge is 2.51. The maximum absolute atomic E-state index is 5.98. The lowest BCUT2D eigenvalue weighted by molar-refractivity contribution is 0.00578. The third-order valence-corrected chi connectivity index (χ3v) is 4.10. The van der Waals surface area contributed by atoms with Crippen molar-refractivity contribution in [1.82, 2.24) is 19.7 Å². The number of rotatable bonds is 2. The minimum atomic E-state index is -0.441. The Hall–Kier alpha value is -1.73. The second kappa shape index (κ2) is 4.64. The molecule has 3 heterocycles. The van der Waals surface area contributed by atoms with Crippen LogP contribution in [0.5, 0.6) is 0 Å². The summed E-state index contributed by atoms with van der Waals surface area (Å²) in [6, 6.07) is 0. The molecule has 110 valence electrons. The summed E-state index contributed by atoms with van der Waals surface area (Å²) in [7, 11) is -0.441. The van der Waals surface area contributed by atoms with E-state index in [2.05, 4.69) is 15.1 Å². The third kappa shape index (κ3) is 2.47. The topological polar surface area (TPSA) is 62.1 Å². The number of nitrogens with zero attached hydrogens (tertiary/aromatic N) is 4. The molecule has 6 nitrogen and oxygen atoms in total. The van der Waals surface area contributed by atoms with Crippen LogP contribution < -0.4 is 5.46 Å². The Morgan fingerprint density at radius 3 is 2.05 bits per heavy atom. The molecule has 0 aromatic carbocycles. The fraction of sp³-hybridized carbons (Fsp3) is 0.500. The Balaban J connectivity index is 1.83. The van der Waals surface area contributed by atoms with E-state index in [0.717, 1.165) is 11.0 Å². The lowest BCUT2D eigenvalue weighted by Crippen LogP contribution is -2.41. The monoisotopic (exact) mass is 286 g/mol. The molecule has 1 aliphatic heterocycles. The van der Waals surface area contributed by atoms with E-state index in [1.54, 1.807) is 23.3 Å². The summed E-state index contributed by atoms with van der Waals surface area (Å²) in [5.41, 5.74) is 1.14. The van der Waals surface area contributed by atoms with Crippen molar-refractivity contribution in [3.05, 3.63) is 30.4 Å². The van der Waals surface area contributed by atoms with Crippen LogP contribution in [0.4, 0.5) is 0 Å². The first-order valence-corrected chi connectivity index (χ1v) is 6.98. The molecule has 0 bridgehead atoms. The summed E-state index contributed by atoms with van der Waals surface area (Å²) in [4.78, 5) is 8.66. The molecule has 3 rings (SSSR count). The van der Waals surface area contributed by atoms with Crippen molar-refractivity contribution in [3.63, 3.8) is 0 Å². The van der Waals surface area contributed by atoms with Crippen LogP contribution in [-0.2, 0) is 9.31 Å². The highest BCUT2D eigenvalue weighted by molar-refractivity contribution is 6.61. The third-order valence-electron chi connectivity index (χ3n) is 4.10. The van der Waals surface area contributed by atoms with E-state index >= 15 is 0 Å². The minimum absolute atomic E-state index is 0.366. The number of aromatic nitrogens is 4.